The first-order valence-corrected chi connectivity index (χ1v) is 10.7. The standard InChI is InChI=1S/C21H26N2O4S/c1-2-3-4-13-5-7-14(8-6-13)18-9-15-11-23(21(26)22-20(15)28-18)19-10-16(25)17(12-24)27-19/h5-9,11,16-17,19-20,24-25H,2-4,10,12H2,1H3,(H,22,26)/t16-,17+,19+,20?/m0/s1. The van der Waals surface area contributed by atoms with Gasteiger partial charge >= 0.3 is 6.03 Å². The Morgan fingerprint density at radius 2 is 2.11 bits per heavy atom. The van der Waals surface area contributed by atoms with Crippen molar-refractivity contribution >= 4 is 22.7 Å². The average molecular weight is 403 g/mol. The number of aliphatic hydroxyl groups is 2. The summed E-state index contributed by atoms with van der Waals surface area (Å²) >= 11 is 1.63. The zero-order valence-corrected chi connectivity index (χ0v) is 16.7. The van der Waals surface area contributed by atoms with E-state index in [0.717, 1.165) is 22.5 Å². The van der Waals surface area contributed by atoms with E-state index in [0.29, 0.717) is 0 Å². The van der Waals surface area contributed by atoms with Crippen molar-refractivity contribution in [3.8, 4) is 0 Å². The lowest BCUT2D eigenvalue weighted by Crippen LogP contribution is -2.49. The van der Waals surface area contributed by atoms with Crippen LogP contribution in [0.25, 0.3) is 4.91 Å². The number of carbonyl (C=O) groups is 1. The number of rotatable bonds is 6. The summed E-state index contributed by atoms with van der Waals surface area (Å²) in [5, 5.41) is 22.1. The average Bonchev–Trinajstić information content (AvgIpc) is 3.28. The fourth-order valence-electron chi connectivity index (χ4n) is 3.71. The number of aliphatic hydroxyl groups excluding tert-OH is 2. The Morgan fingerprint density at radius 1 is 1.32 bits per heavy atom. The number of nitrogens with one attached hydrogen (secondary N) is 1. The molecule has 6 nitrogen and oxygen atoms in total. The number of aryl methyl sites for hydroxylation is 1. The lowest BCUT2D eigenvalue weighted by atomic mass is 10.1. The van der Waals surface area contributed by atoms with E-state index in [2.05, 4.69) is 42.6 Å². The molecule has 4 atom stereocenters. The van der Waals surface area contributed by atoms with Crippen molar-refractivity contribution in [3.05, 3.63) is 53.2 Å². The summed E-state index contributed by atoms with van der Waals surface area (Å²) in [6.07, 6.45) is 5.69. The number of fused-ring (bicyclic) bond motifs is 1. The maximum atomic E-state index is 12.5. The lowest BCUT2D eigenvalue weighted by molar-refractivity contribution is -0.0541. The second-order valence-electron chi connectivity index (χ2n) is 7.41. The number of benzene rings is 1. The molecule has 0 spiro atoms. The van der Waals surface area contributed by atoms with Crippen LogP contribution in [0.4, 0.5) is 4.79 Å². The Kier molecular flexibility index (Phi) is 5.78. The number of hydrogen-bond acceptors (Lipinski definition) is 5. The molecule has 0 saturated carbocycles. The van der Waals surface area contributed by atoms with Gasteiger partial charge in [0, 0.05) is 23.1 Å². The van der Waals surface area contributed by atoms with Crippen molar-refractivity contribution < 1.29 is 19.7 Å². The van der Waals surface area contributed by atoms with Crippen molar-refractivity contribution in [2.45, 2.75) is 56.4 Å². The third-order valence-corrected chi connectivity index (χ3v) is 6.61. The van der Waals surface area contributed by atoms with Crippen molar-refractivity contribution in [1.29, 1.82) is 0 Å². The van der Waals surface area contributed by atoms with E-state index in [1.54, 1.807) is 18.0 Å². The Morgan fingerprint density at radius 3 is 2.79 bits per heavy atom. The smallest absolute Gasteiger partial charge is 0.324 e. The molecule has 150 valence electrons. The number of amides is 2. The SMILES string of the molecule is CCCCc1ccc(C2=CC3=CN([C@H]4C[C@H](O)[C@@H](CO)O4)C(=O)NC3S2)cc1. The zero-order chi connectivity index (χ0) is 19.7. The Balaban J connectivity index is 1.49. The van der Waals surface area contributed by atoms with Gasteiger partial charge in [-0.05, 0) is 30.0 Å². The van der Waals surface area contributed by atoms with Crippen LogP contribution in [0.5, 0.6) is 0 Å². The molecule has 0 bridgehead atoms. The van der Waals surface area contributed by atoms with Crippen LogP contribution in [0.15, 0.2) is 42.1 Å². The van der Waals surface area contributed by atoms with Gasteiger partial charge in [0.15, 0.2) is 0 Å². The van der Waals surface area contributed by atoms with Crippen LogP contribution in [0.2, 0.25) is 0 Å². The number of hydrogen-bond donors (Lipinski definition) is 3. The summed E-state index contributed by atoms with van der Waals surface area (Å²) in [5.41, 5.74) is 3.50. The fourth-order valence-corrected chi connectivity index (χ4v) is 4.87. The van der Waals surface area contributed by atoms with Gasteiger partial charge in [0.2, 0.25) is 0 Å². The van der Waals surface area contributed by atoms with Crippen LogP contribution in [-0.2, 0) is 11.2 Å². The minimum absolute atomic E-state index is 0.113. The van der Waals surface area contributed by atoms with Crippen LogP contribution in [0.3, 0.4) is 0 Å². The van der Waals surface area contributed by atoms with Gasteiger partial charge in [0.25, 0.3) is 0 Å². The third kappa shape index (κ3) is 3.85. The quantitative estimate of drug-likeness (QED) is 0.682. The van der Waals surface area contributed by atoms with Crippen LogP contribution < -0.4 is 5.32 Å². The zero-order valence-electron chi connectivity index (χ0n) is 15.9. The highest BCUT2D eigenvalue weighted by molar-refractivity contribution is 8.09. The Labute approximate surface area is 169 Å². The molecule has 7 heteroatoms. The molecule has 0 aromatic heterocycles. The van der Waals surface area contributed by atoms with E-state index in [-0.39, 0.29) is 24.4 Å². The second-order valence-corrected chi connectivity index (χ2v) is 8.55. The van der Waals surface area contributed by atoms with E-state index in [1.165, 1.54) is 23.3 Å². The summed E-state index contributed by atoms with van der Waals surface area (Å²) in [7, 11) is 0. The van der Waals surface area contributed by atoms with Crippen molar-refractivity contribution in [1.82, 2.24) is 10.2 Å². The topological polar surface area (TPSA) is 82.0 Å². The van der Waals surface area contributed by atoms with Crippen LogP contribution >= 0.6 is 11.8 Å². The predicted octanol–water partition coefficient (Wildman–Crippen LogP) is 2.82. The molecule has 3 aliphatic rings. The molecule has 1 saturated heterocycles. The highest BCUT2D eigenvalue weighted by atomic mass is 32.2. The molecular weight excluding hydrogens is 376 g/mol. The largest absolute Gasteiger partial charge is 0.394 e. The summed E-state index contributed by atoms with van der Waals surface area (Å²) in [5.74, 6) is 0. The van der Waals surface area contributed by atoms with E-state index < -0.39 is 18.4 Å². The minimum atomic E-state index is -0.769. The molecule has 1 aromatic carbocycles. The number of ether oxygens (including phenoxy) is 1. The van der Waals surface area contributed by atoms with E-state index >= 15 is 0 Å². The number of carbonyl (C=O) groups excluding carboxylic acids is 1. The van der Waals surface area contributed by atoms with E-state index in [4.69, 9.17) is 4.74 Å². The van der Waals surface area contributed by atoms with Gasteiger partial charge in [0.1, 0.15) is 17.7 Å². The Bertz CT molecular complexity index is 792. The van der Waals surface area contributed by atoms with Gasteiger partial charge in [-0.2, -0.15) is 0 Å². The second kappa shape index (κ2) is 8.29. The fraction of sp³-hybridized carbons (Fsp3) is 0.476. The first kappa shape index (κ1) is 19.5. The normalized spacial score (nSPS) is 29.4. The molecular formula is C21H26N2O4S. The van der Waals surface area contributed by atoms with Crippen molar-refractivity contribution in [3.63, 3.8) is 0 Å². The molecule has 3 N–H and O–H groups in total. The highest BCUT2D eigenvalue weighted by Crippen LogP contribution is 2.43. The molecule has 1 unspecified atom stereocenters. The molecule has 28 heavy (non-hydrogen) atoms. The molecule has 0 radical (unpaired) electrons. The third-order valence-electron chi connectivity index (χ3n) is 5.37. The predicted molar refractivity (Wildman–Crippen MR) is 109 cm³/mol. The first-order chi connectivity index (χ1) is 13.6. The molecule has 2 amide bonds. The summed E-state index contributed by atoms with van der Waals surface area (Å²) in [4.78, 5) is 15.1. The van der Waals surface area contributed by atoms with Gasteiger partial charge in [-0.1, -0.05) is 49.4 Å². The van der Waals surface area contributed by atoms with Gasteiger partial charge in [-0.15, -0.1) is 0 Å². The number of thioether (sulfide) groups is 1. The minimum Gasteiger partial charge on any atom is -0.394 e. The van der Waals surface area contributed by atoms with E-state index in [1.807, 2.05) is 0 Å². The van der Waals surface area contributed by atoms with Crippen LogP contribution in [-0.4, -0.2) is 51.6 Å². The monoisotopic (exact) mass is 402 g/mol. The van der Waals surface area contributed by atoms with Gasteiger partial charge in [0.05, 0.1) is 12.7 Å². The molecule has 3 aliphatic heterocycles. The molecule has 0 aliphatic carbocycles. The van der Waals surface area contributed by atoms with Crippen molar-refractivity contribution in [2.75, 3.05) is 6.61 Å². The molecule has 1 aromatic rings. The summed E-state index contributed by atoms with van der Waals surface area (Å²) in [6.45, 7) is 1.93. The summed E-state index contributed by atoms with van der Waals surface area (Å²) < 4.78 is 5.63. The van der Waals surface area contributed by atoms with Gasteiger partial charge < -0.3 is 20.3 Å². The first-order valence-electron chi connectivity index (χ1n) is 9.81. The van der Waals surface area contributed by atoms with Crippen LogP contribution in [0.1, 0.15) is 37.3 Å². The number of unbranched alkanes of at least 4 members (excludes halogenated alkanes) is 1. The number of urea groups is 1. The highest BCUT2D eigenvalue weighted by Gasteiger charge is 2.41. The van der Waals surface area contributed by atoms with Crippen LogP contribution in [0, 0.1) is 0 Å². The van der Waals surface area contributed by atoms with Gasteiger partial charge in [-0.25, -0.2) is 4.79 Å². The maximum Gasteiger partial charge on any atom is 0.324 e. The van der Waals surface area contributed by atoms with Gasteiger partial charge in [-0.3, -0.25) is 4.90 Å². The molecule has 3 heterocycles. The Hall–Kier alpha value is -1.80. The summed E-state index contributed by atoms with van der Waals surface area (Å²) in [6, 6.07) is 8.39. The lowest BCUT2D eigenvalue weighted by Gasteiger charge is -2.32. The van der Waals surface area contributed by atoms with Crippen molar-refractivity contribution in [2.24, 2.45) is 0 Å². The molecule has 1 fully saturated rings. The molecule has 4 rings (SSSR count). The maximum absolute atomic E-state index is 12.5. The van der Waals surface area contributed by atoms with E-state index in [9.17, 15) is 15.0 Å². The number of nitrogens with zero attached hydrogens (tertiary/aromatic N) is 1.